The van der Waals surface area contributed by atoms with E-state index in [0.717, 1.165) is 32.7 Å². The number of benzene rings is 1. The number of hydrogen-bond donors (Lipinski definition) is 1. The standard InChI is InChI=1S/C15H26N2O/c1-4-17(10-11-18-5-2)15-7-6-14(8-9-16)13(3)12-15/h6-7,12H,4-5,8-11,16H2,1-3H3. The summed E-state index contributed by atoms with van der Waals surface area (Å²) in [7, 11) is 0. The maximum absolute atomic E-state index is 5.61. The van der Waals surface area contributed by atoms with Gasteiger partial charge in [-0.05, 0) is 57.0 Å². The lowest BCUT2D eigenvalue weighted by molar-refractivity contribution is 0.154. The average molecular weight is 250 g/mol. The van der Waals surface area contributed by atoms with E-state index in [1.165, 1.54) is 16.8 Å². The first kappa shape index (κ1) is 15.0. The minimum Gasteiger partial charge on any atom is -0.380 e. The van der Waals surface area contributed by atoms with Gasteiger partial charge in [0.1, 0.15) is 0 Å². The van der Waals surface area contributed by atoms with Crippen molar-refractivity contribution >= 4 is 5.69 Å². The fourth-order valence-corrected chi connectivity index (χ4v) is 2.10. The quantitative estimate of drug-likeness (QED) is 0.720. The van der Waals surface area contributed by atoms with Crippen molar-refractivity contribution in [3.8, 4) is 0 Å². The lowest BCUT2D eigenvalue weighted by Crippen LogP contribution is -2.27. The molecule has 3 nitrogen and oxygen atoms in total. The Kier molecular flexibility index (Phi) is 6.76. The van der Waals surface area contributed by atoms with E-state index < -0.39 is 0 Å². The van der Waals surface area contributed by atoms with Crippen LogP contribution in [-0.4, -0.2) is 32.8 Å². The zero-order valence-corrected chi connectivity index (χ0v) is 11.9. The van der Waals surface area contributed by atoms with E-state index in [0.29, 0.717) is 6.54 Å². The molecule has 0 saturated carbocycles. The molecule has 18 heavy (non-hydrogen) atoms. The molecule has 0 bridgehead atoms. The predicted molar refractivity (Wildman–Crippen MR) is 78.3 cm³/mol. The number of hydrogen-bond acceptors (Lipinski definition) is 3. The van der Waals surface area contributed by atoms with Crippen molar-refractivity contribution in [1.29, 1.82) is 0 Å². The van der Waals surface area contributed by atoms with Gasteiger partial charge < -0.3 is 15.4 Å². The van der Waals surface area contributed by atoms with Crippen molar-refractivity contribution in [2.24, 2.45) is 5.73 Å². The summed E-state index contributed by atoms with van der Waals surface area (Å²) in [5.74, 6) is 0. The molecule has 0 amide bonds. The Balaban J connectivity index is 2.71. The highest BCUT2D eigenvalue weighted by Gasteiger charge is 2.06. The second-order valence-electron chi connectivity index (χ2n) is 4.43. The number of aryl methyl sites for hydroxylation is 1. The molecule has 102 valence electrons. The van der Waals surface area contributed by atoms with Crippen LogP contribution in [0.25, 0.3) is 0 Å². The molecule has 0 spiro atoms. The Labute approximate surface area is 111 Å². The van der Waals surface area contributed by atoms with E-state index in [-0.39, 0.29) is 0 Å². The number of rotatable bonds is 8. The Morgan fingerprint density at radius 3 is 2.61 bits per heavy atom. The van der Waals surface area contributed by atoms with Crippen molar-refractivity contribution < 1.29 is 4.74 Å². The van der Waals surface area contributed by atoms with Gasteiger partial charge >= 0.3 is 0 Å². The summed E-state index contributed by atoms with van der Waals surface area (Å²) in [5, 5.41) is 0. The van der Waals surface area contributed by atoms with Crippen LogP contribution < -0.4 is 10.6 Å². The van der Waals surface area contributed by atoms with Crippen LogP contribution in [0.1, 0.15) is 25.0 Å². The molecule has 0 saturated heterocycles. The Bertz CT molecular complexity index is 352. The molecular formula is C15H26N2O. The van der Waals surface area contributed by atoms with E-state index in [4.69, 9.17) is 10.5 Å². The SMILES string of the molecule is CCOCCN(CC)c1ccc(CCN)c(C)c1. The summed E-state index contributed by atoms with van der Waals surface area (Å²) in [5.41, 5.74) is 9.56. The van der Waals surface area contributed by atoms with Crippen molar-refractivity contribution in [2.45, 2.75) is 27.2 Å². The molecule has 0 aliphatic carbocycles. The molecule has 0 aliphatic rings. The Morgan fingerprint density at radius 1 is 1.28 bits per heavy atom. The summed E-state index contributed by atoms with van der Waals surface area (Å²) < 4.78 is 5.42. The molecule has 0 aliphatic heterocycles. The normalized spacial score (nSPS) is 10.7. The minimum atomic E-state index is 0.710. The second kappa shape index (κ2) is 8.11. The molecular weight excluding hydrogens is 224 g/mol. The topological polar surface area (TPSA) is 38.5 Å². The number of ether oxygens (including phenoxy) is 1. The van der Waals surface area contributed by atoms with E-state index in [1.54, 1.807) is 0 Å². The second-order valence-corrected chi connectivity index (χ2v) is 4.43. The third-order valence-corrected chi connectivity index (χ3v) is 3.20. The van der Waals surface area contributed by atoms with Crippen LogP contribution in [0.15, 0.2) is 18.2 Å². The van der Waals surface area contributed by atoms with Crippen LogP contribution in [-0.2, 0) is 11.2 Å². The maximum atomic E-state index is 5.61. The smallest absolute Gasteiger partial charge is 0.0641 e. The van der Waals surface area contributed by atoms with Gasteiger partial charge in [0.2, 0.25) is 0 Å². The maximum Gasteiger partial charge on any atom is 0.0641 e. The fraction of sp³-hybridized carbons (Fsp3) is 0.600. The summed E-state index contributed by atoms with van der Waals surface area (Å²) in [6.45, 7) is 10.6. The van der Waals surface area contributed by atoms with E-state index in [1.807, 2.05) is 6.92 Å². The lowest BCUT2D eigenvalue weighted by atomic mass is 10.0. The van der Waals surface area contributed by atoms with Gasteiger partial charge in [-0.15, -0.1) is 0 Å². The molecule has 0 unspecified atom stereocenters. The van der Waals surface area contributed by atoms with Crippen LogP contribution >= 0.6 is 0 Å². The van der Waals surface area contributed by atoms with Gasteiger partial charge in [0.25, 0.3) is 0 Å². The van der Waals surface area contributed by atoms with E-state index >= 15 is 0 Å². The highest BCUT2D eigenvalue weighted by atomic mass is 16.5. The van der Waals surface area contributed by atoms with Gasteiger partial charge in [0, 0.05) is 25.4 Å². The van der Waals surface area contributed by atoms with Gasteiger partial charge in [0.15, 0.2) is 0 Å². The van der Waals surface area contributed by atoms with Crippen LogP contribution in [0.2, 0.25) is 0 Å². The van der Waals surface area contributed by atoms with Crippen LogP contribution in [0.4, 0.5) is 5.69 Å². The van der Waals surface area contributed by atoms with Gasteiger partial charge in [0.05, 0.1) is 6.61 Å². The molecule has 3 heteroatoms. The number of nitrogens with two attached hydrogens (primary N) is 1. The molecule has 0 fully saturated rings. The summed E-state index contributed by atoms with van der Waals surface area (Å²) >= 11 is 0. The van der Waals surface area contributed by atoms with E-state index in [2.05, 4.69) is 36.9 Å². The zero-order chi connectivity index (χ0) is 13.4. The largest absolute Gasteiger partial charge is 0.380 e. The Hall–Kier alpha value is -1.06. The van der Waals surface area contributed by atoms with Crippen molar-refractivity contribution in [3.05, 3.63) is 29.3 Å². The first-order valence-electron chi connectivity index (χ1n) is 6.85. The highest BCUT2D eigenvalue weighted by molar-refractivity contribution is 5.50. The lowest BCUT2D eigenvalue weighted by Gasteiger charge is -2.24. The van der Waals surface area contributed by atoms with Crippen LogP contribution in [0, 0.1) is 6.92 Å². The van der Waals surface area contributed by atoms with Gasteiger partial charge in [-0.25, -0.2) is 0 Å². The molecule has 1 aromatic rings. The number of anilines is 1. The van der Waals surface area contributed by atoms with Crippen molar-refractivity contribution in [2.75, 3.05) is 37.7 Å². The van der Waals surface area contributed by atoms with Gasteiger partial charge in [-0.2, -0.15) is 0 Å². The number of nitrogens with zero attached hydrogens (tertiary/aromatic N) is 1. The molecule has 1 rings (SSSR count). The summed E-state index contributed by atoms with van der Waals surface area (Å²) in [6, 6.07) is 6.63. The molecule has 1 aromatic carbocycles. The third-order valence-electron chi connectivity index (χ3n) is 3.20. The molecule has 0 aromatic heterocycles. The van der Waals surface area contributed by atoms with Crippen LogP contribution in [0.3, 0.4) is 0 Å². The number of likely N-dealkylation sites (N-methyl/N-ethyl adjacent to an activating group) is 1. The molecule has 0 radical (unpaired) electrons. The monoisotopic (exact) mass is 250 g/mol. The molecule has 0 atom stereocenters. The van der Waals surface area contributed by atoms with E-state index in [9.17, 15) is 0 Å². The third kappa shape index (κ3) is 4.31. The van der Waals surface area contributed by atoms with Gasteiger partial charge in [-0.1, -0.05) is 6.07 Å². The summed E-state index contributed by atoms with van der Waals surface area (Å²) in [4.78, 5) is 2.34. The Morgan fingerprint density at radius 2 is 2.06 bits per heavy atom. The van der Waals surface area contributed by atoms with Gasteiger partial charge in [-0.3, -0.25) is 0 Å². The predicted octanol–water partition coefficient (Wildman–Crippen LogP) is 2.36. The first-order valence-corrected chi connectivity index (χ1v) is 6.85. The highest BCUT2D eigenvalue weighted by Crippen LogP contribution is 2.19. The summed E-state index contributed by atoms with van der Waals surface area (Å²) in [6.07, 6.45) is 0.956. The minimum absolute atomic E-state index is 0.710. The van der Waals surface area contributed by atoms with Crippen molar-refractivity contribution in [1.82, 2.24) is 0 Å². The average Bonchev–Trinajstić information content (AvgIpc) is 2.37. The van der Waals surface area contributed by atoms with Crippen molar-refractivity contribution in [3.63, 3.8) is 0 Å². The van der Waals surface area contributed by atoms with Crippen LogP contribution in [0.5, 0.6) is 0 Å². The fourth-order valence-electron chi connectivity index (χ4n) is 2.10. The molecule has 2 N–H and O–H groups in total. The zero-order valence-electron chi connectivity index (χ0n) is 11.9. The molecule has 0 heterocycles. The first-order chi connectivity index (χ1) is 8.72.